The van der Waals surface area contributed by atoms with Crippen LogP contribution in [0.1, 0.15) is 45.3 Å². The zero-order valence-corrected chi connectivity index (χ0v) is 19.2. The highest BCUT2D eigenvalue weighted by atomic mass is 16.5. The van der Waals surface area contributed by atoms with E-state index in [9.17, 15) is 9.59 Å². The second kappa shape index (κ2) is 9.81. The average molecular weight is 445 g/mol. The quantitative estimate of drug-likeness (QED) is 0.623. The van der Waals surface area contributed by atoms with E-state index in [1.54, 1.807) is 37.6 Å². The van der Waals surface area contributed by atoms with Crippen LogP contribution in [0.25, 0.3) is 0 Å². The molecule has 0 spiro atoms. The van der Waals surface area contributed by atoms with E-state index in [1.807, 2.05) is 43.0 Å². The van der Waals surface area contributed by atoms with Crippen molar-refractivity contribution >= 4 is 17.5 Å². The minimum Gasteiger partial charge on any atom is -0.497 e. The third-order valence-electron chi connectivity index (χ3n) is 5.93. The van der Waals surface area contributed by atoms with Gasteiger partial charge in [0.15, 0.2) is 0 Å². The minimum atomic E-state index is -0.259. The molecule has 0 saturated carbocycles. The van der Waals surface area contributed by atoms with Crippen LogP contribution in [0.2, 0.25) is 0 Å². The number of carbonyl (C=O) groups excluding carboxylic acids is 2. The van der Waals surface area contributed by atoms with Crippen LogP contribution in [-0.4, -0.2) is 46.9 Å². The van der Waals surface area contributed by atoms with Crippen molar-refractivity contribution in [2.24, 2.45) is 0 Å². The van der Waals surface area contributed by atoms with Crippen LogP contribution in [0.4, 0.5) is 5.69 Å². The number of benzene rings is 2. The van der Waals surface area contributed by atoms with Gasteiger partial charge < -0.3 is 15.0 Å². The molecule has 2 amide bonds. The molecule has 7 heteroatoms. The molecule has 170 valence electrons. The normalized spacial score (nSPS) is 15.4. The maximum absolute atomic E-state index is 12.8. The molecule has 3 aromatic rings. The molecule has 33 heavy (non-hydrogen) atoms. The average Bonchev–Trinajstić information content (AvgIpc) is 3.30. The van der Waals surface area contributed by atoms with Gasteiger partial charge in [0.2, 0.25) is 5.91 Å². The highest BCUT2D eigenvalue weighted by Crippen LogP contribution is 2.26. The van der Waals surface area contributed by atoms with Crippen LogP contribution in [0.3, 0.4) is 0 Å². The van der Waals surface area contributed by atoms with Crippen molar-refractivity contribution < 1.29 is 14.3 Å². The second-order valence-corrected chi connectivity index (χ2v) is 8.40. The lowest BCUT2D eigenvalue weighted by Crippen LogP contribution is -2.30. The third-order valence-corrected chi connectivity index (χ3v) is 5.93. The van der Waals surface area contributed by atoms with Crippen molar-refractivity contribution in [1.82, 2.24) is 14.9 Å². The summed E-state index contributed by atoms with van der Waals surface area (Å²) in [6.07, 6.45) is 2.79. The number of nitrogens with zero attached hydrogens (tertiary/aromatic N) is 3. The summed E-state index contributed by atoms with van der Waals surface area (Å²) in [4.78, 5) is 36.4. The largest absolute Gasteiger partial charge is 0.497 e. The van der Waals surface area contributed by atoms with Crippen molar-refractivity contribution in [1.29, 1.82) is 0 Å². The van der Waals surface area contributed by atoms with Gasteiger partial charge in [0.05, 0.1) is 24.8 Å². The molecule has 1 aromatic heterocycles. The van der Waals surface area contributed by atoms with Gasteiger partial charge in [-0.3, -0.25) is 9.59 Å². The van der Waals surface area contributed by atoms with Gasteiger partial charge in [-0.25, -0.2) is 9.97 Å². The zero-order valence-electron chi connectivity index (χ0n) is 19.2. The number of rotatable bonds is 6. The molecule has 4 rings (SSSR count). The van der Waals surface area contributed by atoms with E-state index in [4.69, 9.17) is 4.74 Å². The molecular weight excluding hydrogens is 416 g/mol. The van der Waals surface area contributed by atoms with E-state index in [0.29, 0.717) is 42.3 Å². The van der Waals surface area contributed by atoms with E-state index in [2.05, 4.69) is 15.3 Å². The van der Waals surface area contributed by atoms with Crippen LogP contribution in [0.15, 0.2) is 54.7 Å². The molecule has 1 saturated heterocycles. The molecule has 0 bridgehead atoms. The molecule has 7 nitrogen and oxygen atoms in total. The van der Waals surface area contributed by atoms with Crippen molar-refractivity contribution in [3.05, 3.63) is 82.9 Å². The first-order valence-corrected chi connectivity index (χ1v) is 11.0. The number of nitrogens with one attached hydrogen (secondary N) is 1. The van der Waals surface area contributed by atoms with Gasteiger partial charge in [0, 0.05) is 30.9 Å². The monoisotopic (exact) mass is 444 g/mol. The van der Waals surface area contributed by atoms with E-state index in [-0.39, 0.29) is 17.7 Å². The lowest BCUT2D eigenvalue weighted by molar-refractivity contribution is -0.129. The summed E-state index contributed by atoms with van der Waals surface area (Å²) in [5.74, 6) is 1.34. The van der Waals surface area contributed by atoms with Gasteiger partial charge in [0.1, 0.15) is 11.6 Å². The molecule has 1 N–H and O–H groups in total. The van der Waals surface area contributed by atoms with Crippen molar-refractivity contribution in [3.8, 4) is 5.75 Å². The number of likely N-dealkylation sites (tertiary alicyclic amines) is 1. The Morgan fingerprint density at radius 1 is 1.15 bits per heavy atom. The number of anilines is 1. The Bertz CT molecular complexity index is 1160. The number of aryl methyl sites for hydroxylation is 2. The standard InChI is InChI=1S/C26H28N4O3/c1-17-5-4-6-19(13-17)14-24(31)30-12-11-20(16-30)25-27-15-23(18(2)28-25)26(32)29-21-7-9-22(33-3)10-8-21/h4-10,13,15,20H,11-12,14,16H2,1-3H3,(H,29,32)/t20-/m1/s1. The number of carbonyl (C=O) groups is 2. The Balaban J connectivity index is 1.38. The Labute approximate surface area is 193 Å². The topological polar surface area (TPSA) is 84.4 Å². The van der Waals surface area contributed by atoms with Crippen LogP contribution >= 0.6 is 0 Å². The number of methoxy groups -OCH3 is 1. The zero-order chi connectivity index (χ0) is 23.4. The fraction of sp³-hybridized carbons (Fsp3) is 0.308. The first kappa shape index (κ1) is 22.5. The molecule has 0 radical (unpaired) electrons. The number of hydrogen-bond donors (Lipinski definition) is 1. The number of aromatic nitrogens is 2. The van der Waals surface area contributed by atoms with E-state index >= 15 is 0 Å². The van der Waals surface area contributed by atoms with Crippen LogP contribution in [-0.2, 0) is 11.2 Å². The molecule has 1 aliphatic rings. The fourth-order valence-electron chi connectivity index (χ4n) is 4.08. The maximum atomic E-state index is 12.8. The number of hydrogen-bond acceptors (Lipinski definition) is 5. The Morgan fingerprint density at radius 2 is 1.94 bits per heavy atom. The smallest absolute Gasteiger partial charge is 0.259 e. The molecule has 0 unspecified atom stereocenters. The maximum Gasteiger partial charge on any atom is 0.259 e. The van der Waals surface area contributed by atoms with Crippen molar-refractivity contribution in [2.45, 2.75) is 32.6 Å². The van der Waals surface area contributed by atoms with Gasteiger partial charge in [0.25, 0.3) is 5.91 Å². The van der Waals surface area contributed by atoms with Crippen LogP contribution < -0.4 is 10.1 Å². The Hall–Kier alpha value is -3.74. The predicted octanol–water partition coefficient (Wildman–Crippen LogP) is 3.91. The Kier molecular flexibility index (Phi) is 6.68. The highest BCUT2D eigenvalue weighted by Gasteiger charge is 2.29. The first-order valence-electron chi connectivity index (χ1n) is 11.0. The molecule has 2 heterocycles. The molecule has 1 fully saturated rings. The predicted molar refractivity (Wildman–Crippen MR) is 127 cm³/mol. The number of ether oxygens (including phenoxy) is 1. The lowest BCUT2D eigenvalue weighted by atomic mass is 10.1. The molecule has 0 aliphatic carbocycles. The van der Waals surface area contributed by atoms with Gasteiger partial charge in [-0.15, -0.1) is 0 Å². The molecule has 1 atom stereocenters. The third kappa shape index (κ3) is 5.37. The molecule has 2 aromatic carbocycles. The summed E-state index contributed by atoms with van der Waals surface area (Å²) in [6.45, 7) is 5.13. The van der Waals surface area contributed by atoms with Gasteiger partial charge in [-0.1, -0.05) is 29.8 Å². The second-order valence-electron chi connectivity index (χ2n) is 8.40. The van der Waals surface area contributed by atoms with E-state index in [1.165, 1.54) is 0 Å². The van der Waals surface area contributed by atoms with E-state index < -0.39 is 0 Å². The first-order chi connectivity index (χ1) is 15.9. The van der Waals surface area contributed by atoms with E-state index in [0.717, 1.165) is 23.3 Å². The van der Waals surface area contributed by atoms with Gasteiger partial charge >= 0.3 is 0 Å². The highest BCUT2D eigenvalue weighted by molar-refractivity contribution is 6.04. The number of amides is 2. The minimum absolute atomic E-state index is 0.0730. The molecule has 1 aliphatic heterocycles. The van der Waals surface area contributed by atoms with Crippen molar-refractivity contribution in [2.75, 3.05) is 25.5 Å². The fourth-order valence-corrected chi connectivity index (χ4v) is 4.08. The van der Waals surface area contributed by atoms with Crippen molar-refractivity contribution in [3.63, 3.8) is 0 Å². The SMILES string of the molecule is COc1ccc(NC(=O)c2cnc([C@@H]3CCN(C(=O)Cc4cccc(C)c4)C3)nc2C)cc1. The summed E-state index contributed by atoms with van der Waals surface area (Å²) >= 11 is 0. The van der Waals surface area contributed by atoms with Gasteiger partial charge in [-0.2, -0.15) is 0 Å². The van der Waals surface area contributed by atoms with Crippen LogP contribution in [0, 0.1) is 13.8 Å². The summed E-state index contributed by atoms with van der Waals surface area (Å²) in [7, 11) is 1.60. The summed E-state index contributed by atoms with van der Waals surface area (Å²) in [6, 6.07) is 15.2. The summed E-state index contributed by atoms with van der Waals surface area (Å²) in [5, 5.41) is 2.86. The van der Waals surface area contributed by atoms with Gasteiger partial charge in [-0.05, 0) is 50.1 Å². The summed E-state index contributed by atoms with van der Waals surface area (Å²) in [5.41, 5.74) is 3.90. The van der Waals surface area contributed by atoms with Crippen LogP contribution in [0.5, 0.6) is 5.75 Å². The Morgan fingerprint density at radius 3 is 2.64 bits per heavy atom. The molecular formula is C26H28N4O3. The lowest BCUT2D eigenvalue weighted by Gasteiger charge is -2.17. The summed E-state index contributed by atoms with van der Waals surface area (Å²) < 4.78 is 5.14.